The molecule has 0 radical (unpaired) electrons. The van der Waals surface area contributed by atoms with E-state index in [4.69, 9.17) is 9.47 Å². The van der Waals surface area contributed by atoms with Crippen molar-refractivity contribution in [3.8, 4) is 5.75 Å². The highest BCUT2D eigenvalue weighted by Gasteiger charge is 2.35. The number of hydrazine groups is 1. The van der Waals surface area contributed by atoms with E-state index in [1.54, 1.807) is 14.2 Å². The average molecular weight is 369 g/mol. The second-order valence-electron chi connectivity index (χ2n) is 7.24. The monoisotopic (exact) mass is 369 g/mol. The molecule has 1 aromatic carbocycles. The van der Waals surface area contributed by atoms with Gasteiger partial charge < -0.3 is 14.5 Å². The van der Waals surface area contributed by atoms with Gasteiger partial charge in [-0.15, -0.1) is 0 Å². The van der Waals surface area contributed by atoms with Gasteiger partial charge in [0.25, 0.3) is 0 Å². The number of rotatable bonds is 5. The number of carbonyl (C=O) groups is 1. The van der Waals surface area contributed by atoms with Gasteiger partial charge in [0.2, 0.25) is 5.91 Å². The zero-order valence-corrected chi connectivity index (χ0v) is 16.0. The SMILES string of the molecule is COC[C@@H]1CCCN1N1C(=O)CCCC=C1c1cc2cc(OC)ccc2[nH]1. The standard InChI is InChI=1S/C21H27N3O3/c1-26-14-16-6-5-11-23(16)24-20(7-3-4-8-21(24)25)19-13-15-12-17(27-2)9-10-18(15)22-19/h7,9-10,12-13,16,22H,3-6,8,11,14H2,1-2H3/t16-/m0/s1. The van der Waals surface area contributed by atoms with Crippen molar-refractivity contribution in [3.63, 3.8) is 0 Å². The molecule has 144 valence electrons. The molecule has 27 heavy (non-hydrogen) atoms. The van der Waals surface area contributed by atoms with Gasteiger partial charge in [0.15, 0.2) is 0 Å². The number of aromatic amines is 1. The van der Waals surface area contributed by atoms with Crippen LogP contribution < -0.4 is 4.74 Å². The number of H-pyrrole nitrogens is 1. The zero-order chi connectivity index (χ0) is 18.8. The molecule has 0 bridgehead atoms. The summed E-state index contributed by atoms with van der Waals surface area (Å²) >= 11 is 0. The van der Waals surface area contributed by atoms with Crippen LogP contribution in [0.1, 0.15) is 37.8 Å². The van der Waals surface area contributed by atoms with Crippen LogP contribution in [0.4, 0.5) is 0 Å². The molecule has 6 heteroatoms. The molecule has 0 unspecified atom stereocenters. The maximum Gasteiger partial charge on any atom is 0.241 e. The second kappa shape index (κ2) is 7.74. The fourth-order valence-electron chi connectivity index (χ4n) is 4.15. The average Bonchev–Trinajstić information content (AvgIpc) is 3.25. The first-order chi connectivity index (χ1) is 13.2. The van der Waals surface area contributed by atoms with Crippen LogP contribution in [0, 0.1) is 0 Å². The highest BCUT2D eigenvalue weighted by atomic mass is 16.5. The Bertz CT molecular complexity index is 857. The first kappa shape index (κ1) is 18.1. The lowest BCUT2D eigenvalue weighted by atomic mass is 10.2. The van der Waals surface area contributed by atoms with Gasteiger partial charge in [-0.05, 0) is 49.9 Å². The van der Waals surface area contributed by atoms with E-state index < -0.39 is 0 Å². The first-order valence-corrected chi connectivity index (χ1v) is 9.67. The number of carbonyl (C=O) groups excluding carboxylic acids is 1. The molecule has 1 N–H and O–H groups in total. The van der Waals surface area contributed by atoms with Crippen LogP contribution in [0.25, 0.3) is 16.6 Å². The second-order valence-corrected chi connectivity index (χ2v) is 7.24. The maximum atomic E-state index is 13.0. The Kier molecular flexibility index (Phi) is 5.18. The summed E-state index contributed by atoms with van der Waals surface area (Å²) in [5, 5.41) is 5.19. The molecule has 2 aliphatic rings. The van der Waals surface area contributed by atoms with Gasteiger partial charge in [-0.2, -0.15) is 0 Å². The molecule has 4 rings (SSSR count). The van der Waals surface area contributed by atoms with Gasteiger partial charge >= 0.3 is 0 Å². The van der Waals surface area contributed by atoms with Gasteiger partial charge in [-0.3, -0.25) is 4.79 Å². The van der Waals surface area contributed by atoms with Crippen LogP contribution in [0.3, 0.4) is 0 Å². The van der Waals surface area contributed by atoms with E-state index >= 15 is 0 Å². The van der Waals surface area contributed by atoms with Gasteiger partial charge in [-0.1, -0.05) is 6.08 Å². The summed E-state index contributed by atoms with van der Waals surface area (Å²) in [6, 6.07) is 8.33. The molecule has 3 heterocycles. The molecule has 0 spiro atoms. The lowest BCUT2D eigenvalue weighted by molar-refractivity contribution is -0.143. The third kappa shape index (κ3) is 3.47. The number of hydrogen-bond acceptors (Lipinski definition) is 4. The van der Waals surface area contributed by atoms with Gasteiger partial charge in [0.05, 0.1) is 31.1 Å². The quantitative estimate of drug-likeness (QED) is 0.876. The van der Waals surface area contributed by atoms with E-state index in [0.717, 1.165) is 60.3 Å². The Morgan fingerprint density at radius 2 is 2.11 bits per heavy atom. The summed E-state index contributed by atoms with van der Waals surface area (Å²) in [4.78, 5) is 16.5. The summed E-state index contributed by atoms with van der Waals surface area (Å²) in [6.45, 7) is 1.52. The van der Waals surface area contributed by atoms with E-state index in [-0.39, 0.29) is 11.9 Å². The highest BCUT2D eigenvalue weighted by Crippen LogP contribution is 2.33. The minimum atomic E-state index is 0.165. The van der Waals surface area contributed by atoms with Gasteiger partial charge in [0, 0.05) is 31.0 Å². The number of aromatic nitrogens is 1. The summed E-state index contributed by atoms with van der Waals surface area (Å²) < 4.78 is 10.7. The molecular formula is C21H27N3O3. The molecule has 0 saturated carbocycles. The fraction of sp³-hybridized carbons (Fsp3) is 0.476. The summed E-state index contributed by atoms with van der Waals surface area (Å²) in [7, 11) is 3.40. The Hall–Kier alpha value is -2.31. The van der Waals surface area contributed by atoms with Crippen molar-refractivity contribution in [2.45, 2.75) is 38.1 Å². The van der Waals surface area contributed by atoms with Crippen molar-refractivity contribution in [3.05, 3.63) is 36.0 Å². The zero-order valence-electron chi connectivity index (χ0n) is 16.0. The van der Waals surface area contributed by atoms with E-state index in [1.807, 2.05) is 23.2 Å². The fourth-order valence-corrected chi connectivity index (χ4v) is 4.15. The van der Waals surface area contributed by atoms with E-state index in [0.29, 0.717) is 13.0 Å². The predicted molar refractivity (Wildman–Crippen MR) is 105 cm³/mol. The van der Waals surface area contributed by atoms with Gasteiger partial charge in [0.1, 0.15) is 5.75 Å². The number of ether oxygens (including phenoxy) is 2. The number of allylic oxidation sites excluding steroid dienone is 1. The number of amides is 1. The van der Waals surface area contributed by atoms with Crippen molar-refractivity contribution in [2.75, 3.05) is 27.4 Å². The molecule has 6 nitrogen and oxygen atoms in total. The van der Waals surface area contributed by atoms with Crippen LogP contribution >= 0.6 is 0 Å². The lowest BCUT2D eigenvalue weighted by Crippen LogP contribution is -2.48. The minimum absolute atomic E-state index is 0.165. The Morgan fingerprint density at radius 3 is 2.93 bits per heavy atom. The topological polar surface area (TPSA) is 57.8 Å². The molecule has 2 aliphatic heterocycles. The highest BCUT2D eigenvalue weighted by molar-refractivity contribution is 5.91. The van der Waals surface area contributed by atoms with Crippen LogP contribution in [-0.4, -0.2) is 54.3 Å². The summed E-state index contributed by atoms with van der Waals surface area (Å²) in [5.74, 6) is 0.994. The molecule has 1 aromatic heterocycles. The third-order valence-electron chi connectivity index (χ3n) is 5.46. The molecule has 1 saturated heterocycles. The largest absolute Gasteiger partial charge is 0.497 e. The van der Waals surface area contributed by atoms with Crippen LogP contribution in [-0.2, 0) is 9.53 Å². The smallest absolute Gasteiger partial charge is 0.241 e. The molecule has 2 aromatic rings. The normalized spacial score (nSPS) is 21.6. The Morgan fingerprint density at radius 1 is 1.22 bits per heavy atom. The summed E-state index contributed by atoms with van der Waals surface area (Å²) in [6.07, 6.45) is 6.68. The molecule has 1 atom stereocenters. The minimum Gasteiger partial charge on any atom is -0.497 e. The van der Waals surface area contributed by atoms with Crippen LogP contribution in [0.5, 0.6) is 5.75 Å². The molecule has 1 amide bonds. The van der Waals surface area contributed by atoms with E-state index in [2.05, 4.69) is 22.1 Å². The maximum absolute atomic E-state index is 13.0. The number of nitrogens with zero attached hydrogens (tertiary/aromatic N) is 2. The molecular weight excluding hydrogens is 342 g/mol. The number of methoxy groups -OCH3 is 2. The Labute approximate surface area is 159 Å². The van der Waals surface area contributed by atoms with Crippen molar-refractivity contribution >= 4 is 22.5 Å². The van der Waals surface area contributed by atoms with E-state index in [1.165, 1.54) is 0 Å². The van der Waals surface area contributed by atoms with Gasteiger partial charge in [-0.25, -0.2) is 10.0 Å². The van der Waals surface area contributed by atoms with E-state index in [9.17, 15) is 4.79 Å². The Balaban J connectivity index is 1.73. The van der Waals surface area contributed by atoms with Crippen molar-refractivity contribution < 1.29 is 14.3 Å². The number of fused-ring (bicyclic) bond motifs is 1. The van der Waals surface area contributed by atoms with Crippen molar-refractivity contribution in [1.82, 2.24) is 15.0 Å². The third-order valence-corrected chi connectivity index (χ3v) is 5.46. The van der Waals surface area contributed by atoms with Crippen LogP contribution in [0.15, 0.2) is 30.3 Å². The lowest BCUT2D eigenvalue weighted by Gasteiger charge is -2.36. The predicted octanol–water partition coefficient (Wildman–Crippen LogP) is 3.56. The summed E-state index contributed by atoms with van der Waals surface area (Å²) in [5.41, 5.74) is 2.96. The molecule has 0 aliphatic carbocycles. The number of benzene rings is 1. The number of nitrogens with one attached hydrogen (secondary N) is 1. The first-order valence-electron chi connectivity index (χ1n) is 9.67. The van der Waals surface area contributed by atoms with Crippen molar-refractivity contribution in [2.24, 2.45) is 0 Å². The number of hydrogen-bond donors (Lipinski definition) is 1. The molecule has 1 fully saturated rings. The van der Waals surface area contributed by atoms with Crippen molar-refractivity contribution in [1.29, 1.82) is 0 Å². The van der Waals surface area contributed by atoms with Crippen LogP contribution in [0.2, 0.25) is 0 Å².